The molecule has 28 heavy (non-hydrogen) atoms. The molecule has 164 valence electrons. The monoisotopic (exact) mass is 481 g/mol. The van der Waals surface area contributed by atoms with Crippen molar-refractivity contribution in [1.29, 1.82) is 0 Å². The third-order valence-corrected chi connectivity index (χ3v) is 6.50. The fourth-order valence-electron chi connectivity index (χ4n) is 3.08. The summed E-state index contributed by atoms with van der Waals surface area (Å²) < 4.78 is 34.1. The Hall–Kier alpha value is -0.320. The van der Waals surface area contributed by atoms with Gasteiger partial charge in [-0.3, -0.25) is 13.8 Å². The van der Waals surface area contributed by atoms with Gasteiger partial charge in [-0.1, -0.05) is 62.5 Å². The highest BCUT2D eigenvalue weighted by molar-refractivity contribution is 7.84. The standard InChI is InChI=1S/C16H26Cl3NO7S/c1-9(2)11(15(22)23)5-12-13(6-14(10(3)4)26-8-21)20(12)28(24,25)27-7-16(17,18)19/h8-14H,5-7H2,1-4H3,(H,22,23)/t11-,12?,13+,14+,20+/m1/s1. The summed E-state index contributed by atoms with van der Waals surface area (Å²) in [5, 5.41) is 9.44. The quantitative estimate of drug-likeness (QED) is 0.259. The van der Waals surface area contributed by atoms with E-state index in [2.05, 4.69) is 0 Å². The molecule has 0 aromatic carbocycles. The van der Waals surface area contributed by atoms with Crippen LogP contribution in [-0.2, 0) is 28.8 Å². The first kappa shape index (κ1) is 25.7. The van der Waals surface area contributed by atoms with Crippen LogP contribution in [0, 0.1) is 17.8 Å². The second kappa shape index (κ2) is 10.1. The molecule has 0 spiro atoms. The molecule has 1 aliphatic rings. The van der Waals surface area contributed by atoms with E-state index in [0.717, 1.165) is 4.31 Å². The zero-order valence-corrected chi connectivity index (χ0v) is 19.1. The van der Waals surface area contributed by atoms with Crippen LogP contribution in [0.3, 0.4) is 0 Å². The summed E-state index contributed by atoms with van der Waals surface area (Å²) in [5.74, 6) is -2.01. The van der Waals surface area contributed by atoms with E-state index in [9.17, 15) is 23.1 Å². The predicted molar refractivity (Wildman–Crippen MR) is 106 cm³/mol. The lowest BCUT2D eigenvalue weighted by molar-refractivity contribution is -0.143. The molecule has 1 rings (SSSR count). The van der Waals surface area contributed by atoms with Gasteiger partial charge in [0.15, 0.2) is 0 Å². The van der Waals surface area contributed by atoms with E-state index in [1.807, 2.05) is 13.8 Å². The molecule has 1 fully saturated rings. The van der Waals surface area contributed by atoms with Gasteiger partial charge in [-0.15, -0.1) is 0 Å². The minimum Gasteiger partial charge on any atom is -0.481 e. The van der Waals surface area contributed by atoms with Crippen LogP contribution in [0.15, 0.2) is 0 Å². The Morgan fingerprint density at radius 1 is 1.14 bits per heavy atom. The maximum atomic E-state index is 12.6. The van der Waals surface area contributed by atoms with E-state index in [4.69, 9.17) is 43.7 Å². The van der Waals surface area contributed by atoms with Gasteiger partial charge in [0.2, 0.25) is 3.79 Å². The van der Waals surface area contributed by atoms with Gasteiger partial charge in [-0.2, -0.15) is 12.7 Å². The van der Waals surface area contributed by atoms with Crippen LogP contribution in [0.1, 0.15) is 40.5 Å². The lowest BCUT2D eigenvalue weighted by atomic mass is 9.89. The molecule has 0 bridgehead atoms. The maximum Gasteiger partial charge on any atom is 0.339 e. The molecular formula is C16H26Cl3NO7S. The second-order valence-electron chi connectivity index (χ2n) is 7.47. The third kappa shape index (κ3) is 7.50. The minimum atomic E-state index is -4.26. The van der Waals surface area contributed by atoms with Gasteiger partial charge < -0.3 is 9.84 Å². The maximum absolute atomic E-state index is 12.6. The molecule has 0 aliphatic carbocycles. The molecule has 0 amide bonds. The highest BCUT2D eigenvalue weighted by Crippen LogP contribution is 2.43. The zero-order valence-electron chi connectivity index (χ0n) is 16.0. The van der Waals surface area contributed by atoms with Gasteiger partial charge in [0.1, 0.15) is 12.7 Å². The van der Waals surface area contributed by atoms with Crippen LogP contribution >= 0.6 is 34.8 Å². The summed E-state index contributed by atoms with van der Waals surface area (Å²) in [6.07, 6.45) is -0.220. The fourth-order valence-corrected chi connectivity index (χ4v) is 4.94. The van der Waals surface area contributed by atoms with E-state index in [0.29, 0.717) is 6.47 Å². The molecule has 1 saturated heterocycles. The van der Waals surface area contributed by atoms with E-state index in [1.54, 1.807) is 13.8 Å². The summed E-state index contributed by atoms with van der Waals surface area (Å²) in [7, 11) is -4.26. The normalized spacial score (nSPS) is 24.8. The smallest absolute Gasteiger partial charge is 0.339 e. The minimum absolute atomic E-state index is 0.0570. The number of halogens is 3. The van der Waals surface area contributed by atoms with Crippen LogP contribution in [-0.4, -0.2) is 58.9 Å². The Morgan fingerprint density at radius 2 is 1.68 bits per heavy atom. The lowest BCUT2D eigenvalue weighted by Crippen LogP contribution is -2.27. The van der Waals surface area contributed by atoms with Crippen LogP contribution < -0.4 is 0 Å². The molecule has 1 unspecified atom stereocenters. The van der Waals surface area contributed by atoms with E-state index in [-0.39, 0.29) is 24.7 Å². The Labute approximate surface area is 180 Å². The average molecular weight is 483 g/mol. The van der Waals surface area contributed by atoms with Crippen molar-refractivity contribution < 1.29 is 32.0 Å². The topological polar surface area (TPSA) is 110 Å². The Kier molecular flexibility index (Phi) is 9.30. The number of hydrogen-bond acceptors (Lipinski definition) is 6. The second-order valence-corrected chi connectivity index (χ2v) is 11.5. The molecule has 5 atom stereocenters. The largest absolute Gasteiger partial charge is 0.481 e. The van der Waals surface area contributed by atoms with Gasteiger partial charge in [-0.25, -0.2) is 0 Å². The first-order valence-electron chi connectivity index (χ1n) is 8.77. The number of carboxylic acids is 1. The van der Waals surface area contributed by atoms with Crippen LogP contribution in [0.4, 0.5) is 0 Å². The van der Waals surface area contributed by atoms with Crippen molar-refractivity contribution in [3.63, 3.8) is 0 Å². The van der Waals surface area contributed by atoms with Crippen LogP contribution in [0.5, 0.6) is 0 Å². The fraction of sp³-hybridized carbons (Fsp3) is 0.875. The summed E-state index contributed by atoms with van der Waals surface area (Å²) in [6.45, 7) is 6.80. The summed E-state index contributed by atoms with van der Waals surface area (Å²) in [4.78, 5) is 22.3. The highest BCUT2D eigenvalue weighted by Gasteiger charge is 2.58. The first-order valence-corrected chi connectivity index (χ1v) is 11.3. The van der Waals surface area contributed by atoms with Gasteiger partial charge in [0.05, 0.1) is 5.92 Å². The Morgan fingerprint density at radius 3 is 2.07 bits per heavy atom. The molecule has 0 aromatic heterocycles. The van der Waals surface area contributed by atoms with Gasteiger partial charge in [0.25, 0.3) is 6.47 Å². The summed E-state index contributed by atoms with van der Waals surface area (Å²) >= 11 is 16.7. The molecule has 0 aromatic rings. The van der Waals surface area contributed by atoms with E-state index in [1.165, 1.54) is 0 Å². The molecule has 8 nitrogen and oxygen atoms in total. The summed E-state index contributed by atoms with van der Waals surface area (Å²) in [5.41, 5.74) is 0. The van der Waals surface area contributed by atoms with Crippen molar-refractivity contribution in [1.82, 2.24) is 4.31 Å². The molecule has 1 aliphatic heterocycles. The Bertz CT molecular complexity index is 651. The van der Waals surface area contributed by atoms with Gasteiger partial charge >= 0.3 is 16.3 Å². The average Bonchev–Trinajstić information content (AvgIpc) is 3.22. The number of alkyl halides is 3. The molecule has 1 heterocycles. The van der Waals surface area contributed by atoms with E-state index >= 15 is 0 Å². The zero-order chi connectivity index (χ0) is 21.9. The number of carbonyl (C=O) groups is 2. The van der Waals surface area contributed by atoms with Crippen LogP contribution in [0.25, 0.3) is 0 Å². The number of carbonyl (C=O) groups excluding carboxylic acids is 1. The molecule has 0 radical (unpaired) electrons. The van der Waals surface area contributed by atoms with Crippen molar-refractivity contribution in [3.05, 3.63) is 0 Å². The van der Waals surface area contributed by atoms with Crippen molar-refractivity contribution in [2.45, 2.75) is 62.5 Å². The molecule has 12 heteroatoms. The lowest BCUT2D eigenvalue weighted by Gasteiger charge is -2.19. The van der Waals surface area contributed by atoms with Crippen molar-refractivity contribution >= 4 is 57.5 Å². The van der Waals surface area contributed by atoms with Crippen molar-refractivity contribution in [3.8, 4) is 0 Å². The molecule has 1 N–H and O–H groups in total. The number of carboxylic acid groups (broad SMARTS) is 1. The third-order valence-electron chi connectivity index (χ3n) is 4.70. The predicted octanol–water partition coefficient (Wildman–Crippen LogP) is 3.01. The molecule has 0 saturated carbocycles. The van der Waals surface area contributed by atoms with Gasteiger partial charge in [0, 0.05) is 18.5 Å². The van der Waals surface area contributed by atoms with E-state index < -0.39 is 50.8 Å². The van der Waals surface area contributed by atoms with Gasteiger partial charge in [-0.05, 0) is 18.3 Å². The number of aliphatic carboxylic acids is 1. The number of rotatable bonds is 12. The van der Waals surface area contributed by atoms with Crippen molar-refractivity contribution in [2.75, 3.05) is 6.61 Å². The SMILES string of the molecule is CC(C)[C@H](C[C@H]1C(C[C@@H](C(=O)O)C(C)C)[N@]1S(=O)(=O)OCC(Cl)(Cl)Cl)OC=O. The number of hydrogen-bond donors (Lipinski definition) is 1. The highest BCUT2D eigenvalue weighted by atomic mass is 35.6. The van der Waals surface area contributed by atoms with Crippen LogP contribution in [0.2, 0.25) is 0 Å². The van der Waals surface area contributed by atoms with Crippen molar-refractivity contribution in [2.24, 2.45) is 17.8 Å². The molecular weight excluding hydrogens is 457 g/mol. The summed E-state index contributed by atoms with van der Waals surface area (Å²) in [6, 6.07) is -1.19. The first-order chi connectivity index (χ1) is 12.7. The Balaban J connectivity index is 3.03. The number of nitrogens with zero attached hydrogens (tertiary/aromatic N) is 1. The number of ether oxygens (including phenoxy) is 1.